The maximum atomic E-state index is 13.9. The summed E-state index contributed by atoms with van der Waals surface area (Å²) in [4.78, 5) is 5.58. The summed E-state index contributed by atoms with van der Waals surface area (Å²) < 4.78 is 105. The van der Waals surface area contributed by atoms with Crippen LogP contribution >= 0.6 is 27.5 Å². The Bertz CT molecular complexity index is 1250. The van der Waals surface area contributed by atoms with Gasteiger partial charge in [-0.15, -0.1) is 0 Å². The second-order valence-corrected chi connectivity index (χ2v) is 8.23. The largest absolute Gasteiger partial charge is 0.416 e. The van der Waals surface area contributed by atoms with E-state index in [1.165, 1.54) is 15.9 Å². The molecule has 0 radical (unpaired) electrons. The molecule has 14 heteroatoms. The van der Waals surface area contributed by atoms with Crippen molar-refractivity contribution in [3.05, 3.63) is 89.5 Å². The summed E-state index contributed by atoms with van der Waals surface area (Å²) in [6.45, 7) is 0. The summed E-state index contributed by atoms with van der Waals surface area (Å²) in [7, 11) is 0. The zero-order valence-electron chi connectivity index (χ0n) is 17.0. The zero-order valence-corrected chi connectivity index (χ0v) is 19.3. The molecule has 0 atom stereocenters. The van der Waals surface area contributed by atoms with Crippen molar-refractivity contribution in [3.63, 3.8) is 0 Å². The third-order valence-electron chi connectivity index (χ3n) is 4.41. The Morgan fingerprint density at radius 3 is 2.11 bits per heavy atom. The molecule has 4 aromatic rings. The number of imidazole rings is 2. The van der Waals surface area contributed by atoms with Crippen molar-refractivity contribution in [2.45, 2.75) is 16.9 Å². The van der Waals surface area contributed by atoms with Crippen molar-refractivity contribution in [3.8, 4) is 17.1 Å². The van der Waals surface area contributed by atoms with E-state index < -0.39 is 44.7 Å². The molecule has 0 amide bonds. The Morgan fingerprint density at radius 1 is 0.943 bits per heavy atom. The third kappa shape index (κ3) is 6.01. The molecule has 0 bridgehead atoms. The fourth-order valence-corrected chi connectivity index (χ4v) is 3.26. The van der Waals surface area contributed by atoms with E-state index in [1.807, 2.05) is 36.5 Å². The second kappa shape index (κ2) is 9.97. The predicted molar refractivity (Wildman–Crippen MR) is 115 cm³/mol. The highest BCUT2D eigenvalue weighted by atomic mass is 79.9. The van der Waals surface area contributed by atoms with E-state index in [0.29, 0.717) is 23.2 Å². The van der Waals surface area contributed by atoms with Gasteiger partial charge in [0.1, 0.15) is 23.0 Å². The number of alkyl halides is 8. The Labute approximate surface area is 205 Å². The molecule has 0 aliphatic heterocycles. The molecular weight excluding hydrogens is 576 g/mol. The average Bonchev–Trinajstić information content (AvgIpc) is 3.46. The zero-order chi connectivity index (χ0) is 26.0. The van der Waals surface area contributed by atoms with Crippen LogP contribution in [0.2, 0.25) is 5.02 Å². The number of hydrogen-bond donors (Lipinski definition) is 1. The highest BCUT2D eigenvalue weighted by molar-refractivity contribution is 9.10. The van der Waals surface area contributed by atoms with Gasteiger partial charge in [-0.25, -0.2) is 14.4 Å². The number of H-pyrrole nitrogens is 1. The first kappa shape index (κ1) is 26.7. The van der Waals surface area contributed by atoms with E-state index in [1.54, 1.807) is 6.20 Å². The van der Waals surface area contributed by atoms with Crippen LogP contribution in [0.1, 0.15) is 11.3 Å². The quantitative estimate of drug-likeness (QED) is 0.195. The number of hydrogen-bond acceptors (Lipinski definition) is 2. The van der Waals surface area contributed by atoms with Crippen LogP contribution in [0, 0.1) is 5.82 Å². The molecule has 4 rings (SSSR count). The summed E-state index contributed by atoms with van der Waals surface area (Å²) in [6.07, 6.45) is -0.439. The number of benzene rings is 2. The lowest BCUT2D eigenvalue weighted by Gasteiger charge is -2.19. The van der Waals surface area contributed by atoms with E-state index in [-0.39, 0.29) is 6.07 Å². The van der Waals surface area contributed by atoms with Crippen LogP contribution in [-0.2, 0) is 12.1 Å². The van der Waals surface area contributed by atoms with Crippen LogP contribution in [0.3, 0.4) is 0 Å². The van der Waals surface area contributed by atoms with Gasteiger partial charge in [-0.05, 0) is 28.1 Å². The lowest BCUT2D eigenvalue weighted by molar-refractivity contribution is -0.156. The number of aromatic nitrogens is 4. The van der Waals surface area contributed by atoms with Gasteiger partial charge in [0.2, 0.25) is 0 Å². The minimum Gasteiger partial charge on any atom is -0.345 e. The van der Waals surface area contributed by atoms with Crippen molar-refractivity contribution in [2.24, 2.45) is 0 Å². The van der Waals surface area contributed by atoms with Gasteiger partial charge in [0.05, 0.1) is 16.9 Å². The summed E-state index contributed by atoms with van der Waals surface area (Å²) >= 11 is 7.06. The Morgan fingerprint density at radius 2 is 1.60 bits per heavy atom. The molecule has 4 nitrogen and oxygen atoms in total. The molecule has 0 aliphatic carbocycles. The molecule has 0 unspecified atom stereocenters. The van der Waals surface area contributed by atoms with Crippen LogP contribution in [-0.4, -0.2) is 24.4 Å². The smallest absolute Gasteiger partial charge is 0.345 e. The van der Waals surface area contributed by atoms with Crippen molar-refractivity contribution in [2.75, 3.05) is 0 Å². The summed E-state index contributed by atoms with van der Waals surface area (Å²) in [6, 6.07) is 10.5. The van der Waals surface area contributed by atoms with Crippen molar-refractivity contribution < 1.29 is 35.1 Å². The Hall–Kier alpha value is -2.93. The summed E-state index contributed by atoms with van der Waals surface area (Å²) in [5.74, 6) is -5.31. The van der Waals surface area contributed by atoms with Crippen LogP contribution in [0.15, 0.2) is 67.4 Å². The first-order valence-electron chi connectivity index (χ1n) is 9.32. The molecule has 2 heterocycles. The van der Waals surface area contributed by atoms with E-state index in [4.69, 9.17) is 11.6 Å². The Balaban J connectivity index is 0.000000256. The first-order chi connectivity index (χ1) is 16.2. The molecule has 186 valence electrons. The van der Waals surface area contributed by atoms with E-state index in [9.17, 15) is 35.1 Å². The number of aromatic amines is 1. The molecule has 0 saturated carbocycles. The van der Waals surface area contributed by atoms with Gasteiger partial charge in [-0.3, -0.25) is 0 Å². The van der Waals surface area contributed by atoms with E-state index >= 15 is 0 Å². The molecule has 0 spiro atoms. The fraction of sp³-hybridized carbons (Fsp3) is 0.143. The minimum absolute atomic E-state index is 0.0954. The fourth-order valence-electron chi connectivity index (χ4n) is 2.75. The molecule has 2 aromatic carbocycles. The normalized spacial score (nSPS) is 12.3. The maximum Gasteiger partial charge on any atom is 0.416 e. The highest BCUT2D eigenvalue weighted by Crippen LogP contribution is 2.46. The van der Waals surface area contributed by atoms with Gasteiger partial charge in [-0.1, -0.05) is 41.9 Å². The average molecular weight is 588 g/mol. The number of rotatable bonds is 4. The van der Waals surface area contributed by atoms with Crippen LogP contribution < -0.4 is 0 Å². The molecule has 2 aromatic heterocycles. The number of nitrogens with one attached hydrogen (secondary N) is 1. The van der Waals surface area contributed by atoms with Gasteiger partial charge in [0.25, 0.3) is 0 Å². The molecular formula is C21H12BrClF8N4. The molecule has 0 fully saturated rings. The lowest BCUT2D eigenvalue weighted by atomic mass is 10.2. The number of halogens is 10. The predicted octanol–water partition coefficient (Wildman–Crippen LogP) is 7.84. The molecule has 0 saturated heterocycles. The molecule has 1 N–H and O–H groups in total. The van der Waals surface area contributed by atoms with Crippen molar-refractivity contribution >= 4 is 27.5 Å². The van der Waals surface area contributed by atoms with Gasteiger partial charge >= 0.3 is 16.9 Å². The summed E-state index contributed by atoms with van der Waals surface area (Å²) in [5, 5.41) is -0.764. The van der Waals surface area contributed by atoms with Crippen molar-refractivity contribution in [1.29, 1.82) is 0 Å². The first-order valence-corrected chi connectivity index (χ1v) is 10.5. The van der Waals surface area contributed by atoms with Crippen LogP contribution in [0.4, 0.5) is 35.1 Å². The van der Waals surface area contributed by atoms with Crippen LogP contribution in [0.5, 0.6) is 0 Å². The minimum atomic E-state index is -4.88. The topological polar surface area (TPSA) is 46.5 Å². The maximum absolute atomic E-state index is 13.9. The van der Waals surface area contributed by atoms with Gasteiger partial charge in [0.15, 0.2) is 0 Å². The molecule has 0 aliphatic rings. The lowest BCUT2D eigenvalue weighted by Crippen LogP contribution is -2.32. The van der Waals surface area contributed by atoms with Gasteiger partial charge in [-0.2, -0.15) is 30.7 Å². The molecule has 35 heavy (non-hydrogen) atoms. The SMILES string of the molecule is Fc1cc(C(F)(F)F)cc(Cl)c1-n1cnc(C(F)(F)C(F)(F)Br)c1.c1ccc(-c2ncc[nH]2)cc1. The van der Waals surface area contributed by atoms with Gasteiger partial charge in [0, 0.05) is 24.2 Å². The number of nitrogens with zero attached hydrogens (tertiary/aromatic N) is 3. The third-order valence-corrected chi connectivity index (χ3v) is 5.19. The highest BCUT2D eigenvalue weighted by Gasteiger charge is 2.57. The van der Waals surface area contributed by atoms with Crippen molar-refractivity contribution in [1.82, 2.24) is 19.5 Å². The second-order valence-electron chi connectivity index (χ2n) is 6.83. The van der Waals surface area contributed by atoms with E-state index in [2.05, 4.69) is 15.0 Å². The monoisotopic (exact) mass is 586 g/mol. The van der Waals surface area contributed by atoms with E-state index in [0.717, 1.165) is 11.4 Å². The van der Waals surface area contributed by atoms with Crippen LogP contribution in [0.25, 0.3) is 17.1 Å². The Kier molecular flexibility index (Phi) is 7.60. The summed E-state index contributed by atoms with van der Waals surface area (Å²) in [5.41, 5.74) is -2.44. The standard InChI is InChI=1S/C12H4BrClF8N2.C9H8N2/c13-12(21,22)10(16,17)8-3-24(4-23-8)9-6(14)1-5(2-7(9)15)11(18,19)20;1-2-4-8(5-3-1)9-10-6-7-11-9/h1-4H;1-7H,(H,10,11). The van der Waals surface area contributed by atoms with Gasteiger partial charge < -0.3 is 9.55 Å².